The van der Waals surface area contributed by atoms with Gasteiger partial charge in [0.05, 0.1) is 16.6 Å². The van der Waals surface area contributed by atoms with Crippen LogP contribution in [0.25, 0.3) is 89.0 Å². The van der Waals surface area contributed by atoms with Crippen LogP contribution in [0.15, 0.2) is 462 Å². The van der Waals surface area contributed by atoms with Crippen LogP contribution in [0.5, 0.6) is 0 Å². The molecule has 0 aliphatic heterocycles. The number of halogens is 4. The predicted molar refractivity (Wildman–Crippen MR) is 475 cm³/mol. The van der Waals surface area contributed by atoms with Gasteiger partial charge in [0.25, 0.3) is 0 Å². The van der Waals surface area contributed by atoms with Crippen LogP contribution in [0.2, 0.25) is 0 Å². The maximum atomic E-state index is 13.2. The number of benzene rings is 11. The maximum Gasteiger partial charge on any atom is 3.00 e. The topological polar surface area (TPSA) is 153 Å². The first-order valence-electron chi connectivity index (χ1n) is 37.6. The Morgan fingerprint density at radius 1 is 0.266 bits per heavy atom. The molecule has 0 spiro atoms. The molecule has 20 aromatic rings. The first kappa shape index (κ1) is 98.5. The summed E-state index contributed by atoms with van der Waals surface area (Å²) in [5.41, 5.74) is 10.4. The Kier molecular flexibility index (Phi) is 47.8. The summed E-state index contributed by atoms with van der Waals surface area (Å²) >= 11 is 0. The molecule has 9 heterocycles. The number of pyridine rings is 9. The van der Waals surface area contributed by atoms with E-state index in [1.54, 1.807) is 98.1 Å². The second-order valence-electron chi connectivity index (χ2n) is 24.3. The van der Waals surface area contributed by atoms with E-state index in [1.165, 1.54) is 28.4 Å². The fourth-order valence-electron chi connectivity index (χ4n) is 10.1. The minimum absolute atomic E-state index is 0. The Morgan fingerprint density at radius 3 is 0.758 bits per heavy atom. The number of para-hydroxylation sites is 3. The first-order valence-corrected chi connectivity index (χ1v) is 37.6. The van der Waals surface area contributed by atoms with E-state index in [0.717, 1.165) is 74.6 Å². The number of carbonyl (C=O) groups is 1. The molecule has 615 valence electrons. The van der Waals surface area contributed by atoms with E-state index < -0.39 is 29.2 Å². The molecule has 0 bridgehead atoms. The number of fused-ring (bicyclic) bond motifs is 3. The minimum atomic E-state index is -0.990. The molecule has 0 fully saturated rings. The summed E-state index contributed by atoms with van der Waals surface area (Å²) in [6.07, 6.45) is 15.0. The van der Waals surface area contributed by atoms with Crippen LogP contribution in [0, 0.1) is 71.8 Å². The molecule has 0 aliphatic rings. The van der Waals surface area contributed by atoms with Gasteiger partial charge in [0.2, 0.25) is 0 Å². The Morgan fingerprint density at radius 2 is 0.540 bits per heavy atom. The zero-order valence-electron chi connectivity index (χ0n) is 66.3. The van der Waals surface area contributed by atoms with Gasteiger partial charge in [0, 0.05) is 99.1 Å². The third-order valence-corrected chi connectivity index (χ3v) is 15.7. The van der Waals surface area contributed by atoms with E-state index in [2.05, 4.69) is 130 Å². The van der Waals surface area contributed by atoms with Gasteiger partial charge >= 0.3 is 46.2 Å². The SMILES string of the molecule is Fc1c[c-]c(-c2ccccn2)c(F)c1.Fc1c[c-]c(-c2ccccn2)c(F)c1.O=C(O)c1ccccn1.[Ir+3].[Ir+3].[Ir].[c-]1ccccc1.[c-]1ccccc1.[c-]1ccccc1.[c-]1ccccc1-c1ccc2ccccc2n1.[c-]1ccccc1-c1ccc2ccccc2n1.[c-]1ccccc1-c1ccc2ccccc2n1.c1ccncc1.c1ccncc1.c1ccncc1. The zero-order chi connectivity index (χ0) is 84.5. The molecule has 124 heavy (non-hydrogen) atoms. The van der Waals surface area contributed by atoms with Gasteiger partial charge in [-0.25, -0.2) is 9.78 Å². The maximum absolute atomic E-state index is 13.2. The Balaban J connectivity index is 0.000000213. The summed E-state index contributed by atoms with van der Waals surface area (Å²) in [5.74, 6) is -3.56. The fraction of sp³-hybridized carbons (Fsp3) is 0. The van der Waals surface area contributed by atoms with Gasteiger partial charge in [-0.3, -0.25) is 47.5 Å². The van der Waals surface area contributed by atoms with Crippen LogP contribution in [-0.2, 0) is 60.3 Å². The van der Waals surface area contributed by atoms with Crippen molar-refractivity contribution in [1.82, 2.24) is 44.9 Å². The normalized spacial score (nSPS) is 9.32. The molecule has 0 aliphatic carbocycles. The number of carboxylic acids is 1. The molecule has 1 N–H and O–H groups in total. The molecule has 11 aromatic carbocycles. The van der Waals surface area contributed by atoms with Crippen LogP contribution in [-0.4, -0.2) is 55.9 Å². The first-order chi connectivity index (χ1) is 59.6. The number of hydrogen-bond donors (Lipinski definition) is 1. The number of aromatic carboxylic acids is 1. The molecule has 0 unspecified atom stereocenters. The van der Waals surface area contributed by atoms with Gasteiger partial charge in [-0.05, 0) is 123 Å². The van der Waals surface area contributed by atoms with E-state index in [4.69, 9.17) is 5.11 Å². The van der Waals surface area contributed by atoms with Gasteiger partial charge in [-0.2, -0.15) is 109 Å². The van der Waals surface area contributed by atoms with Crippen LogP contribution in [0.3, 0.4) is 0 Å². The molecule has 18 heteroatoms. The summed E-state index contributed by atoms with van der Waals surface area (Å²) in [7, 11) is 0. The third-order valence-electron chi connectivity index (χ3n) is 15.7. The third kappa shape index (κ3) is 38.0. The molecule has 0 amide bonds. The van der Waals surface area contributed by atoms with E-state index in [9.17, 15) is 22.4 Å². The Bertz CT molecular complexity index is 5350. The average molecular weight is 2160 g/mol. The van der Waals surface area contributed by atoms with Crippen LogP contribution in [0.4, 0.5) is 17.6 Å². The second-order valence-corrected chi connectivity index (χ2v) is 24.3. The van der Waals surface area contributed by atoms with Crippen molar-refractivity contribution in [3.63, 3.8) is 0 Å². The smallest absolute Gasteiger partial charge is 0.477 e. The molecule has 11 nitrogen and oxygen atoms in total. The fourth-order valence-corrected chi connectivity index (χ4v) is 10.1. The molecule has 0 atom stereocenters. The summed E-state index contributed by atoms with van der Waals surface area (Å²) in [4.78, 5) is 46.8. The van der Waals surface area contributed by atoms with Crippen molar-refractivity contribution in [2.45, 2.75) is 0 Å². The monoisotopic (exact) mass is 2160 g/mol. The van der Waals surface area contributed by atoms with Gasteiger partial charge in [0.15, 0.2) is 0 Å². The number of aromatic nitrogens is 9. The Hall–Kier alpha value is -14.3. The van der Waals surface area contributed by atoms with E-state index in [0.29, 0.717) is 11.4 Å². The van der Waals surface area contributed by atoms with E-state index >= 15 is 0 Å². The zero-order valence-corrected chi connectivity index (χ0v) is 73.5. The summed E-state index contributed by atoms with van der Waals surface area (Å²) in [5, 5.41) is 11.8. The molecule has 9 aromatic heterocycles. The minimum Gasteiger partial charge on any atom is -0.477 e. The largest absolute Gasteiger partial charge is 3.00 e. The van der Waals surface area contributed by atoms with Gasteiger partial charge in [0.1, 0.15) is 5.69 Å². The molecular formula is C106H77F4Ir3N9O2-2. The summed E-state index contributed by atoms with van der Waals surface area (Å²) in [6, 6.07) is 149. The predicted octanol–water partition coefficient (Wildman–Crippen LogP) is 25.2. The van der Waals surface area contributed by atoms with E-state index in [1.807, 2.05) is 291 Å². The number of hydrogen-bond acceptors (Lipinski definition) is 10. The van der Waals surface area contributed by atoms with E-state index in [-0.39, 0.29) is 77.1 Å². The van der Waals surface area contributed by atoms with Gasteiger partial charge in [-0.15, -0.1) is 132 Å². The van der Waals surface area contributed by atoms with Gasteiger partial charge in [-0.1, -0.05) is 163 Å². The number of rotatable bonds is 6. The molecule has 20 rings (SSSR count). The van der Waals surface area contributed by atoms with Crippen LogP contribution in [0.1, 0.15) is 10.5 Å². The Labute approximate surface area is 761 Å². The van der Waals surface area contributed by atoms with Crippen LogP contribution < -0.4 is 0 Å². The average Bonchev–Trinajstić information content (AvgIpc) is 0.766. The molecule has 0 saturated carbocycles. The van der Waals surface area contributed by atoms with Crippen molar-refractivity contribution in [3.05, 3.63) is 540 Å². The number of nitrogens with zero attached hydrogens (tertiary/aromatic N) is 9. The molecular weight excluding hydrogens is 2080 g/mol. The second kappa shape index (κ2) is 60.2. The van der Waals surface area contributed by atoms with Crippen molar-refractivity contribution in [2.75, 3.05) is 0 Å². The van der Waals surface area contributed by atoms with Crippen molar-refractivity contribution in [3.8, 4) is 56.3 Å². The van der Waals surface area contributed by atoms with Crippen molar-refractivity contribution < 1.29 is 87.8 Å². The summed E-state index contributed by atoms with van der Waals surface area (Å²) in [6.45, 7) is 0. The van der Waals surface area contributed by atoms with Crippen molar-refractivity contribution >= 4 is 38.7 Å². The molecule has 0 saturated heterocycles. The quantitative estimate of drug-likeness (QED) is 0.125. The van der Waals surface area contributed by atoms with Gasteiger partial charge < -0.3 is 15.1 Å². The standard InChI is InChI=1S/3C15H10N.2C11H6F2N.C6H5NO2.3C6H5.3C5H5N.3Ir/c3*1-2-6-12(7-3-1)15-11-10-13-8-4-5-9-14(13)16-15;2*12-8-4-5-9(10(13)7-8)11-3-1-2-6-14-11;8-6(9)5-3-1-2-4-7-5;6*1-2-4-6-5-3-1;;;/h3*1-6,8-11H;2*1-4,6-7H;1-4H,(H,8,9);6*1-5H;;;/q5*-1;;3*-1;;;;;2*+3. The number of carboxylic acid groups (broad SMARTS) is 1. The van der Waals surface area contributed by atoms with Crippen molar-refractivity contribution in [1.29, 1.82) is 0 Å². The van der Waals surface area contributed by atoms with Crippen molar-refractivity contribution in [2.24, 2.45) is 0 Å². The molecule has 1 radical (unpaired) electrons. The summed E-state index contributed by atoms with van der Waals surface area (Å²) < 4.78 is 51.6. The van der Waals surface area contributed by atoms with Crippen LogP contribution >= 0.6 is 0 Å².